The summed E-state index contributed by atoms with van der Waals surface area (Å²) in [6.07, 6.45) is 8.59. The van der Waals surface area contributed by atoms with Gasteiger partial charge >= 0.3 is 0 Å². The van der Waals surface area contributed by atoms with Crippen molar-refractivity contribution in [3.8, 4) is 5.75 Å². The SMILES string of the molecule is COc1ccc(C2(C3CC3)C=Cc3ccccc3C2)cc1. The molecule has 2 aliphatic carbocycles. The lowest BCUT2D eigenvalue weighted by atomic mass is 9.68. The predicted octanol–water partition coefficient (Wildman–Crippen LogP) is 4.61. The zero-order chi connectivity index (χ0) is 14.3. The third-order valence-electron chi connectivity index (χ3n) is 5.03. The second kappa shape index (κ2) is 4.77. The number of ether oxygens (including phenoxy) is 1. The fourth-order valence-corrected chi connectivity index (χ4v) is 3.68. The zero-order valence-corrected chi connectivity index (χ0v) is 12.4. The molecule has 1 nitrogen and oxygen atoms in total. The van der Waals surface area contributed by atoms with Crippen LogP contribution in [0.15, 0.2) is 54.6 Å². The first-order valence-electron chi connectivity index (χ1n) is 7.73. The van der Waals surface area contributed by atoms with E-state index in [4.69, 9.17) is 4.74 Å². The van der Waals surface area contributed by atoms with Gasteiger partial charge in [0.1, 0.15) is 5.75 Å². The molecule has 0 saturated heterocycles. The summed E-state index contributed by atoms with van der Waals surface area (Å²) in [6.45, 7) is 0. The van der Waals surface area contributed by atoms with E-state index in [-0.39, 0.29) is 5.41 Å². The van der Waals surface area contributed by atoms with Gasteiger partial charge in [-0.1, -0.05) is 48.6 Å². The van der Waals surface area contributed by atoms with Gasteiger partial charge < -0.3 is 4.74 Å². The smallest absolute Gasteiger partial charge is 0.118 e. The van der Waals surface area contributed by atoms with Gasteiger partial charge in [0.2, 0.25) is 0 Å². The number of hydrogen-bond donors (Lipinski definition) is 0. The maximum Gasteiger partial charge on any atom is 0.118 e. The first kappa shape index (κ1) is 12.7. The van der Waals surface area contributed by atoms with Crippen molar-refractivity contribution in [2.75, 3.05) is 7.11 Å². The van der Waals surface area contributed by atoms with Crippen molar-refractivity contribution in [3.63, 3.8) is 0 Å². The first-order chi connectivity index (χ1) is 10.3. The van der Waals surface area contributed by atoms with Crippen LogP contribution in [-0.2, 0) is 11.8 Å². The van der Waals surface area contributed by atoms with E-state index in [2.05, 4.69) is 60.7 Å². The highest BCUT2D eigenvalue weighted by atomic mass is 16.5. The summed E-state index contributed by atoms with van der Waals surface area (Å²) in [4.78, 5) is 0. The lowest BCUT2D eigenvalue weighted by Crippen LogP contribution is -2.31. The summed E-state index contributed by atoms with van der Waals surface area (Å²) < 4.78 is 5.30. The van der Waals surface area contributed by atoms with Gasteiger partial charge in [-0.2, -0.15) is 0 Å². The Bertz CT molecular complexity index is 679. The molecule has 4 rings (SSSR count). The third kappa shape index (κ3) is 2.08. The Hall–Kier alpha value is -2.02. The number of rotatable bonds is 3. The topological polar surface area (TPSA) is 9.23 Å². The maximum absolute atomic E-state index is 5.30. The second-order valence-corrected chi connectivity index (χ2v) is 6.25. The Morgan fingerprint density at radius 3 is 2.48 bits per heavy atom. The Balaban J connectivity index is 1.78. The van der Waals surface area contributed by atoms with Gasteiger partial charge in [-0.3, -0.25) is 0 Å². The molecule has 0 heterocycles. The quantitative estimate of drug-likeness (QED) is 0.795. The molecule has 2 aliphatic rings. The van der Waals surface area contributed by atoms with Crippen LogP contribution >= 0.6 is 0 Å². The number of benzene rings is 2. The van der Waals surface area contributed by atoms with E-state index in [1.165, 1.54) is 29.5 Å². The average Bonchev–Trinajstić information content (AvgIpc) is 3.40. The van der Waals surface area contributed by atoms with Crippen molar-refractivity contribution in [1.82, 2.24) is 0 Å². The molecule has 0 N–H and O–H groups in total. The molecule has 106 valence electrons. The highest BCUT2D eigenvalue weighted by molar-refractivity contribution is 5.61. The minimum atomic E-state index is 0.181. The fraction of sp³-hybridized carbons (Fsp3) is 0.300. The second-order valence-electron chi connectivity index (χ2n) is 6.25. The summed E-state index contributed by atoms with van der Waals surface area (Å²) >= 11 is 0. The van der Waals surface area contributed by atoms with E-state index in [9.17, 15) is 0 Å². The maximum atomic E-state index is 5.30. The minimum absolute atomic E-state index is 0.181. The zero-order valence-electron chi connectivity index (χ0n) is 12.4. The van der Waals surface area contributed by atoms with E-state index < -0.39 is 0 Å². The largest absolute Gasteiger partial charge is 0.497 e. The Morgan fingerprint density at radius 2 is 1.76 bits per heavy atom. The molecule has 0 aromatic heterocycles. The molecule has 1 fully saturated rings. The molecule has 21 heavy (non-hydrogen) atoms. The number of fused-ring (bicyclic) bond motifs is 1. The number of methoxy groups -OCH3 is 1. The van der Waals surface area contributed by atoms with Crippen LogP contribution in [0.2, 0.25) is 0 Å². The molecule has 0 bridgehead atoms. The molecule has 0 spiro atoms. The standard InChI is InChI=1S/C20H20O/c1-21-19-10-8-18(9-11-19)20(17-6-7-17)13-12-15-4-2-3-5-16(15)14-20/h2-5,8-13,17H,6-7,14H2,1H3. The fourth-order valence-electron chi connectivity index (χ4n) is 3.68. The highest BCUT2D eigenvalue weighted by Crippen LogP contribution is 2.52. The average molecular weight is 276 g/mol. The van der Waals surface area contributed by atoms with Crippen molar-refractivity contribution in [1.29, 1.82) is 0 Å². The van der Waals surface area contributed by atoms with Crippen LogP contribution in [0.3, 0.4) is 0 Å². The van der Waals surface area contributed by atoms with E-state index in [0.29, 0.717) is 0 Å². The van der Waals surface area contributed by atoms with E-state index in [1.54, 1.807) is 7.11 Å². The third-order valence-corrected chi connectivity index (χ3v) is 5.03. The summed E-state index contributed by atoms with van der Waals surface area (Å²) in [7, 11) is 1.72. The van der Waals surface area contributed by atoms with Gasteiger partial charge in [0.05, 0.1) is 7.11 Å². The van der Waals surface area contributed by atoms with E-state index in [1.807, 2.05) is 0 Å². The molecule has 0 radical (unpaired) electrons. The summed E-state index contributed by atoms with van der Waals surface area (Å²) in [6, 6.07) is 17.5. The number of hydrogen-bond acceptors (Lipinski definition) is 1. The number of allylic oxidation sites excluding steroid dienone is 1. The van der Waals surface area contributed by atoms with Crippen LogP contribution in [-0.4, -0.2) is 7.11 Å². The van der Waals surface area contributed by atoms with E-state index in [0.717, 1.165) is 18.1 Å². The minimum Gasteiger partial charge on any atom is -0.497 e. The molecule has 1 saturated carbocycles. The monoisotopic (exact) mass is 276 g/mol. The van der Waals surface area contributed by atoms with Gasteiger partial charge in [-0.05, 0) is 54.0 Å². The molecule has 2 aromatic rings. The Morgan fingerprint density at radius 1 is 1.00 bits per heavy atom. The molecular weight excluding hydrogens is 256 g/mol. The van der Waals surface area contributed by atoms with Gasteiger partial charge in [0.15, 0.2) is 0 Å². The van der Waals surface area contributed by atoms with Crippen LogP contribution in [0.25, 0.3) is 6.08 Å². The van der Waals surface area contributed by atoms with Gasteiger partial charge in [-0.25, -0.2) is 0 Å². The van der Waals surface area contributed by atoms with E-state index >= 15 is 0 Å². The molecule has 0 aliphatic heterocycles. The molecule has 2 aromatic carbocycles. The highest BCUT2D eigenvalue weighted by Gasteiger charge is 2.45. The van der Waals surface area contributed by atoms with Crippen LogP contribution in [0, 0.1) is 5.92 Å². The lowest BCUT2D eigenvalue weighted by Gasteiger charge is -2.35. The summed E-state index contributed by atoms with van der Waals surface area (Å²) in [5.41, 5.74) is 4.46. The van der Waals surface area contributed by atoms with Crippen molar-refractivity contribution in [2.45, 2.75) is 24.7 Å². The van der Waals surface area contributed by atoms with Crippen LogP contribution < -0.4 is 4.74 Å². The van der Waals surface area contributed by atoms with Crippen LogP contribution in [0.1, 0.15) is 29.5 Å². The molecule has 1 heteroatoms. The van der Waals surface area contributed by atoms with Crippen molar-refractivity contribution in [2.24, 2.45) is 5.92 Å². The predicted molar refractivity (Wildman–Crippen MR) is 86.6 cm³/mol. The van der Waals surface area contributed by atoms with Crippen LogP contribution in [0.5, 0.6) is 5.75 Å². The van der Waals surface area contributed by atoms with Gasteiger partial charge in [0, 0.05) is 5.41 Å². The molecular formula is C20H20O. The first-order valence-corrected chi connectivity index (χ1v) is 7.73. The van der Waals surface area contributed by atoms with Gasteiger partial charge in [-0.15, -0.1) is 0 Å². The lowest BCUT2D eigenvalue weighted by molar-refractivity contribution is 0.413. The summed E-state index contributed by atoms with van der Waals surface area (Å²) in [5, 5.41) is 0. The van der Waals surface area contributed by atoms with Crippen molar-refractivity contribution < 1.29 is 4.74 Å². The Kier molecular flexibility index (Phi) is 2.88. The van der Waals surface area contributed by atoms with Gasteiger partial charge in [0.25, 0.3) is 0 Å². The van der Waals surface area contributed by atoms with Crippen molar-refractivity contribution in [3.05, 3.63) is 71.3 Å². The molecule has 0 amide bonds. The molecule has 1 atom stereocenters. The Labute approximate surface area is 126 Å². The molecule has 1 unspecified atom stereocenters. The normalized spacial score (nSPS) is 23.7. The summed E-state index contributed by atoms with van der Waals surface area (Å²) in [5.74, 6) is 1.72. The van der Waals surface area contributed by atoms with Crippen molar-refractivity contribution >= 4 is 6.08 Å². The van der Waals surface area contributed by atoms with Crippen LogP contribution in [0.4, 0.5) is 0 Å².